The number of nitrogens with zero attached hydrogens (tertiary/aromatic N) is 1. The Balaban J connectivity index is 2.16. The average molecular weight is 393 g/mol. The van der Waals surface area contributed by atoms with E-state index in [1.54, 1.807) is 0 Å². The second-order valence-corrected chi connectivity index (χ2v) is 6.86. The number of carboxylic acid groups (broad SMARTS) is 1. The van der Waals surface area contributed by atoms with Crippen molar-refractivity contribution in [1.82, 2.24) is 4.57 Å². The van der Waals surface area contributed by atoms with Gasteiger partial charge in [-0.05, 0) is 48.4 Å². The van der Waals surface area contributed by atoms with Gasteiger partial charge < -0.3 is 9.67 Å². The van der Waals surface area contributed by atoms with Crippen molar-refractivity contribution >= 4 is 44.4 Å². The van der Waals surface area contributed by atoms with Crippen LogP contribution in [0.1, 0.15) is 16.8 Å². The molecule has 0 fully saturated rings. The molecule has 0 saturated heterocycles. The fourth-order valence-corrected chi connectivity index (χ4v) is 3.49. The Kier molecular flexibility index (Phi) is 4.46. The monoisotopic (exact) mass is 391 g/mol. The molecule has 0 aliphatic rings. The molecule has 3 aromatic rings. The van der Waals surface area contributed by atoms with Crippen LogP contribution < -0.4 is 0 Å². The summed E-state index contributed by atoms with van der Waals surface area (Å²) in [7, 11) is 0. The van der Waals surface area contributed by atoms with Crippen molar-refractivity contribution in [2.75, 3.05) is 0 Å². The van der Waals surface area contributed by atoms with E-state index in [1.807, 2.05) is 49.4 Å². The summed E-state index contributed by atoms with van der Waals surface area (Å²) in [5, 5.41) is 10.9. The number of aliphatic carboxylic acids is 1. The number of benzene rings is 2. The highest BCUT2D eigenvalue weighted by molar-refractivity contribution is 9.10. The Bertz CT molecular complexity index is 901. The molecule has 0 aliphatic heterocycles. The zero-order valence-electron chi connectivity index (χ0n) is 12.5. The average Bonchev–Trinajstić information content (AvgIpc) is 2.72. The highest BCUT2D eigenvalue weighted by atomic mass is 79.9. The van der Waals surface area contributed by atoms with Crippen molar-refractivity contribution < 1.29 is 9.90 Å². The van der Waals surface area contributed by atoms with E-state index in [0.717, 1.165) is 32.2 Å². The third-order valence-electron chi connectivity index (χ3n) is 3.97. The van der Waals surface area contributed by atoms with Crippen molar-refractivity contribution in [1.29, 1.82) is 0 Å². The predicted octanol–water partition coefficient (Wildman–Crippen LogP) is 5.04. The molecule has 1 aromatic heterocycles. The van der Waals surface area contributed by atoms with Crippen LogP contribution in [0.15, 0.2) is 46.9 Å². The van der Waals surface area contributed by atoms with E-state index in [-0.39, 0.29) is 6.42 Å². The van der Waals surface area contributed by atoms with Crippen LogP contribution in [-0.2, 0) is 17.8 Å². The Morgan fingerprint density at radius 3 is 2.74 bits per heavy atom. The lowest BCUT2D eigenvalue weighted by atomic mass is 10.1. The Labute approximate surface area is 147 Å². The predicted molar refractivity (Wildman–Crippen MR) is 96.3 cm³/mol. The summed E-state index contributed by atoms with van der Waals surface area (Å²) in [6.45, 7) is 2.63. The van der Waals surface area contributed by atoms with Crippen LogP contribution >= 0.6 is 27.5 Å². The number of carboxylic acids is 1. The number of rotatable bonds is 4. The van der Waals surface area contributed by atoms with Gasteiger partial charge in [0.05, 0.1) is 6.42 Å². The Morgan fingerprint density at radius 1 is 1.26 bits per heavy atom. The molecule has 3 nitrogen and oxygen atoms in total. The van der Waals surface area contributed by atoms with Crippen LogP contribution in [0.4, 0.5) is 0 Å². The third-order valence-corrected chi connectivity index (χ3v) is 4.70. The number of aromatic nitrogens is 1. The summed E-state index contributed by atoms with van der Waals surface area (Å²) < 4.78 is 3.09. The molecular formula is C18H15BrClNO2. The first kappa shape index (κ1) is 16.1. The lowest BCUT2D eigenvalue weighted by Gasteiger charge is -2.09. The molecule has 3 rings (SSSR count). The number of halogens is 2. The van der Waals surface area contributed by atoms with Crippen LogP contribution in [0, 0.1) is 6.92 Å². The van der Waals surface area contributed by atoms with Crippen molar-refractivity contribution in [2.45, 2.75) is 19.9 Å². The molecule has 2 aromatic carbocycles. The van der Waals surface area contributed by atoms with Crippen LogP contribution in [0.25, 0.3) is 10.9 Å². The number of hydrogen-bond donors (Lipinski definition) is 1. The van der Waals surface area contributed by atoms with Crippen molar-refractivity contribution in [2.24, 2.45) is 0 Å². The van der Waals surface area contributed by atoms with E-state index in [1.165, 1.54) is 0 Å². The van der Waals surface area contributed by atoms with Gasteiger partial charge in [-0.3, -0.25) is 4.79 Å². The Morgan fingerprint density at radius 2 is 2.04 bits per heavy atom. The van der Waals surface area contributed by atoms with Gasteiger partial charge in [0.25, 0.3) is 0 Å². The number of hydrogen-bond acceptors (Lipinski definition) is 1. The molecule has 118 valence electrons. The minimum atomic E-state index is -0.824. The van der Waals surface area contributed by atoms with Gasteiger partial charge >= 0.3 is 5.97 Å². The maximum Gasteiger partial charge on any atom is 0.307 e. The zero-order chi connectivity index (χ0) is 16.6. The van der Waals surface area contributed by atoms with Gasteiger partial charge in [0.1, 0.15) is 0 Å². The van der Waals surface area contributed by atoms with Crippen LogP contribution in [0.5, 0.6) is 0 Å². The van der Waals surface area contributed by atoms with Crippen molar-refractivity contribution in [3.8, 4) is 0 Å². The van der Waals surface area contributed by atoms with E-state index in [2.05, 4.69) is 20.5 Å². The van der Waals surface area contributed by atoms with E-state index in [0.29, 0.717) is 11.6 Å². The molecule has 0 aliphatic carbocycles. The van der Waals surface area contributed by atoms with Crippen LogP contribution in [-0.4, -0.2) is 15.6 Å². The van der Waals surface area contributed by atoms with E-state index >= 15 is 0 Å². The summed E-state index contributed by atoms with van der Waals surface area (Å²) >= 11 is 9.54. The molecule has 0 bridgehead atoms. The smallest absolute Gasteiger partial charge is 0.307 e. The van der Waals surface area contributed by atoms with Crippen LogP contribution in [0.2, 0.25) is 5.02 Å². The van der Waals surface area contributed by atoms with Gasteiger partial charge in [0.2, 0.25) is 0 Å². The first-order valence-electron chi connectivity index (χ1n) is 7.19. The topological polar surface area (TPSA) is 42.2 Å². The van der Waals surface area contributed by atoms with E-state index in [4.69, 9.17) is 11.6 Å². The molecule has 0 amide bonds. The molecule has 1 N–H and O–H groups in total. The molecule has 0 saturated carbocycles. The highest BCUT2D eigenvalue weighted by Crippen LogP contribution is 2.30. The molecule has 23 heavy (non-hydrogen) atoms. The molecule has 0 radical (unpaired) electrons. The lowest BCUT2D eigenvalue weighted by Crippen LogP contribution is -2.05. The van der Waals surface area contributed by atoms with Gasteiger partial charge in [0, 0.05) is 32.6 Å². The first-order chi connectivity index (χ1) is 11.0. The summed E-state index contributed by atoms with van der Waals surface area (Å²) in [5.74, 6) is -0.824. The minimum absolute atomic E-state index is 0.0152. The molecule has 1 heterocycles. The third kappa shape index (κ3) is 3.28. The van der Waals surface area contributed by atoms with Gasteiger partial charge in [-0.25, -0.2) is 0 Å². The number of fused-ring (bicyclic) bond motifs is 1. The summed E-state index contributed by atoms with van der Waals surface area (Å²) in [6, 6.07) is 13.7. The fourth-order valence-electron chi connectivity index (χ4n) is 2.92. The molecule has 0 spiro atoms. The summed E-state index contributed by atoms with van der Waals surface area (Å²) in [6.07, 6.45) is 0.0152. The maximum absolute atomic E-state index is 11.2. The zero-order valence-corrected chi connectivity index (χ0v) is 14.9. The highest BCUT2D eigenvalue weighted by Gasteiger charge is 2.17. The molecule has 5 heteroatoms. The van der Waals surface area contributed by atoms with E-state index < -0.39 is 5.97 Å². The Hall–Kier alpha value is -1.78. The second-order valence-electron chi connectivity index (χ2n) is 5.51. The quantitative estimate of drug-likeness (QED) is 0.676. The maximum atomic E-state index is 11.2. The first-order valence-corrected chi connectivity index (χ1v) is 8.36. The SMILES string of the molecule is Cc1c(CC(=O)O)c2cc(Br)ccc2n1Cc1cccc(Cl)c1. The van der Waals surface area contributed by atoms with E-state index in [9.17, 15) is 9.90 Å². The fraction of sp³-hybridized carbons (Fsp3) is 0.167. The summed E-state index contributed by atoms with van der Waals surface area (Å²) in [5.41, 5.74) is 3.94. The second kappa shape index (κ2) is 6.38. The largest absolute Gasteiger partial charge is 0.481 e. The molecule has 0 unspecified atom stereocenters. The van der Waals surface area contributed by atoms with Crippen molar-refractivity contribution in [3.05, 3.63) is 68.8 Å². The summed E-state index contributed by atoms with van der Waals surface area (Å²) in [4.78, 5) is 11.2. The van der Waals surface area contributed by atoms with Crippen molar-refractivity contribution in [3.63, 3.8) is 0 Å². The molecule has 0 atom stereocenters. The normalized spacial score (nSPS) is 11.1. The standard InChI is InChI=1S/C18H15BrClNO2/c1-11-15(9-18(22)23)16-8-13(19)5-6-17(16)21(11)10-12-3-2-4-14(20)7-12/h2-8H,9-10H2,1H3,(H,22,23). The van der Waals surface area contributed by atoms with Gasteiger partial charge in [0.15, 0.2) is 0 Å². The minimum Gasteiger partial charge on any atom is -0.481 e. The van der Waals surface area contributed by atoms with Crippen LogP contribution in [0.3, 0.4) is 0 Å². The molecular weight excluding hydrogens is 378 g/mol. The van der Waals surface area contributed by atoms with Gasteiger partial charge in [-0.1, -0.05) is 39.7 Å². The van der Waals surface area contributed by atoms with Gasteiger partial charge in [-0.2, -0.15) is 0 Å². The van der Waals surface area contributed by atoms with Gasteiger partial charge in [-0.15, -0.1) is 0 Å². The number of carbonyl (C=O) groups is 1. The lowest BCUT2D eigenvalue weighted by molar-refractivity contribution is -0.136.